The summed E-state index contributed by atoms with van der Waals surface area (Å²) in [4.78, 5) is 2.28. The van der Waals surface area contributed by atoms with Crippen LogP contribution in [0.25, 0.3) is 0 Å². The Morgan fingerprint density at radius 1 is 1.43 bits per heavy atom. The second kappa shape index (κ2) is 6.11. The van der Waals surface area contributed by atoms with Crippen molar-refractivity contribution in [3.8, 4) is 5.75 Å². The summed E-state index contributed by atoms with van der Waals surface area (Å²) in [6.07, 6.45) is 0.894. The van der Waals surface area contributed by atoms with E-state index in [0.717, 1.165) is 18.7 Å². The van der Waals surface area contributed by atoms with E-state index in [-0.39, 0.29) is 4.90 Å². The van der Waals surface area contributed by atoms with E-state index in [1.807, 2.05) is 13.0 Å². The van der Waals surface area contributed by atoms with Gasteiger partial charge in [-0.3, -0.25) is 0 Å². The number of rotatable bonds is 5. The molecule has 0 spiro atoms. The molecule has 1 aliphatic heterocycles. The molecule has 6 nitrogen and oxygen atoms in total. The summed E-state index contributed by atoms with van der Waals surface area (Å²) in [6.45, 7) is 8.22. The maximum absolute atomic E-state index is 11.8. The first-order chi connectivity index (χ1) is 9.84. The van der Waals surface area contributed by atoms with Crippen LogP contribution in [0.3, 0.4) is 0 Å². The minimum absolute atomic E-state index is 0.0836. The first kappa shape index (κ1) is 15.9. The largest absolute Gasteiger partial charge is 0.490 e. The number of primary sulfonamides is 1. The van der Waals surface area contributed by atoms with Crippen LogP contribution in [0, 0.1) is 0 Å². The normalized spacial score (nSPS) is 14.8. The first-order valence-electron chi connectivity index (χ1n) is 7.18. The van der Waals surface area contributed by atoms with Crippen LogP contribution in [0.2, 0.25) is 0 Å². The fourth-order valence-corrected chi connectivity index (χ4v) is 3.14. The molecule has 1 aromatic rings. The molecular weight excluding hydrogens is 290 g/mol. The predicted octanol–water partition coefficient (Wildman–Crippen LogP) is 1.76. The van der Waals surface area contributed by atoms with Crippen LogP contribution in [0.4, 0.5) is 11.4 Å². The second-order valence-electron chi connectivity index (χ2n) is 5.42. The summed E-state index contributed by atoms with van der Waals surface area (Å²) >= 11 is 0. The van der Waals surface area contributed by atoms with E-state index in [0.29, 0.717) is 30.6 Å². The summed E-state index contributed by atoms with van der Waals surface area (Å²) in [5.74, 6) is 0.570. The van der Waals surface area contributed by atoms with Gasteiger partial charge in [-0.1, -0.05) is 6.92 Å². The minimum atomic E-state index is -3.80. The minimum Gasteiger partial charge on any atom is -0.490 e. The molecule has 1 aromatic carbocycles. The van der Waals surface area contributed by atoms with Crippen molar-refractivity contribution in [3.63, 3.8) is 0 Å². The Hall–Kier alpha value is -1.47. The van der Waals surface area contributed by atoms with Crippen molar-refractivity contribution in [3.05, 3.63) is 12.1 Å². The van der Waals surface area contributed by atoms with Gasteiger partial charge in [0.2, 0.25) is 10.0 Å². The lowest BCUT2D eigenvalue weighted by Gasteiger charge is -2.35. The number of hydrogen-bond donors (Lipinski definition) is 2. The molecule has 0 unspecified atom stereocenters. The fraction of sp³-hybridized carbons (Fsp3) is 0.571. The quantitative estimate of drug-likeness (QED) is 0.865. The molecule has 0 fully saturated rings. The van der Waals surface area contributed by atoms with Crippen LogP contribution in [-0.2, 0) is 10.0 Å². The van der Waals surface area contributed by atoms with Gasteiger partial charge in [0.25, 0.3) is 0 Å². The van der Waals surface area contributed by atoms with E-state index in [4.69, 9.17) is 9.88 Å². The van der Waals surface area contributed by atoms with Gasteiger partial charge in [0, 0.05) is 18.7 Å². The third kappa shape index (κ3) is 3.41. The number of hydrogen-bond acceptors (Lipinski definition) is 5. The van der Waals surface area contributed by atoms with Crippen molar-refractivity contribution in [1.29, 1.82) is 0 Å². The van der Waals surface area contributed by atoms with E-state index in [9.17, 15) is 8.42 Å². The van der Waals surface area contributed by atoms with Gasteiger partial charge in [-0.25, -0.2) is 13.6 Å². The highest BCUT2D eigenvalue weighted by atomic mass is 32.2. The second-order valence-corrected chi connectivity index (χ2v) is 6.95. The Kier molecular flexibility index (Phi) is 4.63. The number of benzene rings is 1. The van der Waals surface area contributed by atoms with Gasteiger partial charge in [0.05, 0.1) is 17.9 Å². The van der Waals surface area contributed by atoms with Crippen LogP contribution in [0.15, 0.2) is 17.0 Å². The maximum atomic E-state index is 11.8. The third-order valence-electron chi connectivity index (χ3n) is 3.46. The molecule has 0 atom stereocenters. The SMILES string of the molecule is CCCNc1cc2c(cc1S(N)(=O)=O)OCCN2C(C)C. The Bertz CT molecular complexity index is 614. The van der Waals surface area contributed by atoms with Crippen LogP contribution in [0.5, 0.6) is 5.75 Å². The molecule has 0 bridgehead atoms. The van der Waals surface area contributed by atoms with Crippen LogP contribution >= 0.6 is 0 Å². The number of nitrogens with two attached hydrogens (primary N) is 1. The van der Waals surface area contributed by atoms with Crippen molar-refractivity contribution < 1.29 is 13.2 Å². The van der Waals surface area contributed by atoms with Gasteiger partial charge < -0.3 is 15.0 Å². The van der Waals surface area contributed by atoms with Crippen LogP contribution < -0.4 is 20.1 Å². The van der Waals surface area contributed by atoms with E-state index >= 15 is 0 Å². The Labute approximate surface area is 126 Å². The van der Waals surface area contributed by atoms with Gasteiger partial charge in [0.1, 0.15) is 17.3 Å². The highest BCUT2D eigenvalue weighted by Crippen LogP contribution is 2.39. The molecular formula is C14H23N3O3S. The van der Waals surface area contributed by atoms with E-state index in [2.05, 4.69) is 24.1 Å². The molecule has 3 N–H and O–H groups in total. The molecule has 0 aromatic heterocycles. The lowest BCUT2D eigenvalue weighted by molar-refractivity contribution is 0.302. The molecule has 0 aliphatic carbocycles. The summed E-state index contributed by atoms with van der Waals surface area (Å²) in [7, 11) is -3.80. The topological polar surface area (TPSA) is 84.7 Å². The maximum Gasteiger partial charge on any atom is 0.240 e. The predicted molar refractivity (Wildman–Crippen MR) is 84.6 cm³/mol. The highest BCUT2D eigenvalue weighted by molar-refractivity contribution is 7.89. The average molecular weight is 313 g/mol. The summed E-state index contributed by atoms with van der Waals surface area (Å²) in [5, 5.41) is 8.46. The zero-order valence-corrected chi connectivity index (χ0v) is 13.5. The number of anilines is 2. The molecule has 0 radical (unpaired) electrons. The molecule has 1 heterocycles. The van der Waals surface area contributed by atoms with E-state index in [1.54, 1.807) is 0 Å². The van der Waals surface area contributed by atoms with Crippen molar-refractivity contribution >= 4 is 21.4 Å². The third-order valence-corrected chi connectivity index (χ3v) is 4.41. The Morgan fingerprint density at radius 2 is 2.14 bits per heavy atom. The number of fused-ring (bicyclic) bond motifs is 1. The van der Waals surface area contributed by atoms with Crippen molar-refractivity contribution in [2.75, 3.05) is 29.9 Å². The molecule has 0 saturated carbocycles. The Morgan fingerprint density at radius 3 is 2.71 bits per heavy atom. The van der Waals surface area contributed by atoms with Crippen LogP contribution in [0.1, 0.15) is 27.2 Å². The van der Waals surface area contributed by atoms with E-state index in [1.165, 1.54) is 6.07 Å². The molecule has 0 amide bonds. The Balaban J connectivity index is 2.54. The molecule has 7 heteroatoms. The van der Waals surface area contributed by atoms with Gasteiger partial charge in [-0.2, -0.15) is 0 Å². The van der Waals surface area contributed by atoms with Crippen LogP contribution in [-0.4, -0.2) is 34.2 Å². The number of ether oxygens (including phenoxy) is 1. The average Bonchev–Trinajstić information content (AvgIpc) is 2.42. The standard InChI is InChI=1S/C14H23N3O3S/c1-4-5-16-11-8-12-13(9-14(11)21(15,18)19)20-7-6-17(12)10(2)3/h8-10,16H,4-7H2,1-3H3,(H2,15,18,19). The van der Waals surface area contributed by atoms with E-state index < -0.39 is 10.0 Å². The lowest BCUT2D eigenvalue weighted by atomic mass is 10.1. The van der Waals surface area contributed by atoms with Crippen molar-refractivity contribution in [2.45, 2.75) is 38.1 Å². The van der Waals surface area contributed by atoms with Gasteiger partial charge >= 0.3 is 0 Å². The molecule has 118 valence electrons. The molecule has 1 aliphatic rings. The summed E-state index contributed by atoms with van der Waals surface area (Å²) in [6, 6.07) is 3.66. The monoisotopic (exact) mass is 313 g/mol. The number of nitrogens with one attached hydrogen (secondary N) is 1. The fourth-order valence-electron chi connectivity index (χ4n) is 2.43. The van der Waals surface area contributed by atoms with Gasteiger partial charge in [-0.15, -0.1) is 0 Å². The summed E-state index contributed by atoms with van der Waals surface area (Å²) in [5.41, 5.74) is 1.44. The van der Waals surface area contributed by atoms with Gasteiger partial charge in [0.15, 0.2) is 0 Å². The molecule has 21 heavy (non-hydrogen) atoms. The van der Waals surface area contributed by atoms with Gasteiger partial charge in [-0.05, 0) is 26.3 Å². The first-order valence-corrected chi connectivity index (χ1v) is 8.73. The zero-order valence-electron chi connectivity index (χ0n) is 12.7. The zero-order chi connectivity index (χ0) is 15.6. The van der Waals surface area contributed by atoms with Crippen molar-refractivity contribution in [1.82, 2.24) is 0 Å². The molecule has 2 rings (SSSR count). The highest BCUT2D eigenvalue weighted by Gasteiger charge is 2.25. The van der Waals surface area contributed by atoms with Crippen molar-refractivity contribution in [2.24, 2.45) is 5.14 Å². The molecule has 0 saturated heterocycles. The lowest BCUT2D eigenvalue weighted by Crippen LogP contribution is -2.38. The smallest absolute Gasteiger partial charge is 0.240 e. The number of nitrogens with zero attached hydrogens (tertiary/aromatic N) is 1. The summed E-state index contributed by atoms with van der Waals surface area (Å²) < 4.78 is 29.2. The number of sulfonamides is 1.